The van der Waals surface area contributed by atoms with Crippen LogP contribution >= 0.6 is 0 Å². The van der Waals surface area contributed by atoms with Crippen LogP contribution in [-0.4, -0.2) is 13.8 Å². The Morgan fingerprint density at radius 1 is 1.36 bits per heavy atom. The molecule has 1 aromatic rings. The van der Waals surface area contributed by atoms with Crippen LogP contribution in [0.5, 0.6) is 11.5 Å². The highest BCUT2D eigenvalue weighted by Gasteiger charge is 2.21. The van der Waals surface area contributed by atoms with E-state index in [9.17, 15) is 0 Å². The molecule has 0 aromatic heterocycles. The largest absolute Gasteiger partial charge is 0.453 e. The number of ether oxygens (including phenoxy) is 2. The molecule has 0 spiro atoms. The molecule has 0 unspecified atom stereocenters. The molecule has 14 heavy (non-hydrogen) atoms. The van der Waals surface area contributed by atoms with Crippen molar-refractivity contribution in [3.8, 4) is 11.5 Å². The molecule has 3 nitrogen and oxygen atoms in total. The third kappa shape index (κ3) is 1.20. The van der Waals surface area contributed by atoms with Crippen molar-refractivity contribution >= 4 is 5.69 Å². The zero-order valence-corrected chi connectivity index (χ0v) is 8.81. The van der Waals surface area contributed by atoms with Gasteiger partial charge in [-0.1, -0.05) is 6.92 Å². The zero-order valence-electron chi connectivity index (χ0n) is 8.81. The quantitative estimate of drug-likeness (QED) is 0.782. The second-order valence-corrected chi connectivity index (χ2v) is 3.38. The van der Waals surface area contributed by atoms with Gasteiger partial charge in [-0.25, -0.2) is 0 Å². The summed E-state index contributed by atoms with van der Waals surface area (Å²) in [4.78, 5) is 0. The monoisotopic (exact) mass is 193 g/mol. The minimum absolute atomic E-state index is 0.331. The van der Waals surface area contributed by atoms with Crippen molar-refractivity contribution in [2.24, 2.45) is 0 Å². The molecule has 0 saturated heterocycles. The standard InChI is InChI=1S/C11H15NO2/c1-4-8-5-9(12-3)11-10(7(8)2)13-6-14-11/h5,12H,4,6H2,1-3H3. The van der Waals surface area contributed by atoms with E-state index in [2.05, 4.69) is 25.2 Å². The summed E-state index contributed by atoms with van der Waals surface area (Å²) in [5.74, 6) is 1.75. The van der Waals surface area contributed by atoms with Gasteiger partial charge in [0, 0.05) is 7.05 Å². The normalized spacial score (nSPS) is 13.1. The third-order valence-corrected chi connectivity index (χ3v) is 2.65. The maximum Gasteiger partial charge on any atom is 0.231 e. The van der Waals surface area contributed by atoms with Crippen molar-refractivity contribution in [2.75, 3.05) is 19.2 Å². The van der Waals surface area contributed by atoms with Gasteiger partial charge in [0.15, 0.2) is 11.5 Å². The minimum atomic E-state index is 0.331. The van der Waals surface area contributed by atoms with Gasteiger partial charge in [0.2, 0.25) is 6.79 Å². The first-order valence-corrected chi connectivity index (χ1v) is 4.87. The molecule has 0 aliphatic carbocycles. The van der Waals surface area contributed by atoms with Crippen LogP contribution in [0.3, 0.4) is 0 Å². The smallest absolute Gasteiger partial charge is 0.231 e. The van der Waals surface area contributed by atoms with Crippen molar-refractivity contribution in [1.82, 2.24) is 0 Å². The maximum atomic E-state index is 5.45. The third-order valence-electron chi connectivity index (χ3n) is 2.65. The van der Waals surface area contributed by atoms with E-state index in [0.717, 1.165) is 23.6 Å². The van der Waals surface area contributed by atoms with E-state index in [1.165, 1.54) is 11.1 Å². The van der Waals surface area contributed by atoms with Crippen molar-refractivity contribution in [3.63, 3.8) is 0 Å². The lowest BCUT2D eigenvalue weighted by Crippen LogP contribution is -1.95. The van der Waals surface area contributed by atoms with Gasteiger partial charge in [0.25, 0.3) is 0 Å². The SMILES string of the molecule is CCc1cc(NC)c2c(c1C)OCO2. The van der Waals surface area contributed by atoms with Crippen molar-refractivity contribution < 1.29 is 9.47 Å². The minimum Gasteiger partial charge on any atom is -0.453 e. The number of hydrogen-bond donors (Lipinski definition) is 1. The van der Waals surface area contributed by atoms with Gasteiger partial charge < -0.3 is 14.8 Å². The second kappa shape index (κ2) is 3.40. The summed E-state index contributed by atoms with van der Waals surface area (Å²) in [7, 11) is 1.89. The van der Waals surface area contributed by atoms with Crippen LogP contribution < -0.4 is 14.8 Å². The zero-order chi connectivity index (χ0) is 10.1. The topological polar surface area (TPSA) is 30.5 Å². The Morgan fingerprint density at radius 3 is 2.71 bits per heavy atom. The highest BCUT2D eigenvalue weighted by molar-refractivity contribution is 5.68. The average molecular weight is 193 g/mol. The van der Waals surface area contributed by atoms with Gasteiger partial charge in [-0.15, -0.1) is 0 Å². The molecule has 0 bridgehead atoms. The molecule has 1 N–H and O–H groups in total. The molecule has 1 aliphatic heterocycles. The van der Waals surface area contributed by atoms with Crippen LogP contribution in [0.4, 0.5) is 5.69 Å². The molecule has 0 amide bonds. The summed E-state index contributed by atoms with van der Waals surface area (Å²) in [6.45, 7) is 4.55. The fraction of sp³-hybridized carbons (Fsp3) is 0.455. The molecule has 3 heteroatoms. The van der Waals surface area contributed by atoms with E-state index in [4.69, 9.17) is 9.47 Å². The summed E-state index contributed by atoms with van der Waals surface area (Å²) in [6.07, 6.45) is 1.01. The predicted molar refractivity (Wildman–Crippen MR) is 56.2 cm³/mol. The molecule has 2 rings (SSSR count). The number of nitrogens with one attached hydrogen (secondary N) is 1. The first kappa shape index (κ1) is 9.19. The predicted octanol–water partition coefficient (Wildman–Crippen LogP) is 2.33. The number of hydrogen-bond acceptors (Lipinski definition) is 3. The van der Waals surface area contributed by atoms with E-state index >= 15 is 0 Å². The fourth-order valence-corrected chi connectivity index (χ4v) is 1.80. The number of benzene rings is 1. The summed E-state index contributed by atoms with van der Waals surface area (Å²) in [5, 5.41) is 3.12. The van der Waals surface area contributed by atoms with Crippen LogP contribution in [0.15, 0.2) is 6.07 Å². The number of rotatable bonds is 2. The molecule has 0 saturated carbocycles. The Morgan fingerprint density at radius 2 is 2.07 bits per heavy atom. The Labute approximate surface area is 84.0 Å². The van der Waals surface area contributed by atoms with Crippen LogP contribution in [0, 0.1) is 6.92 Å². The summed E-state index contributed by atoms with van der Waals surface area (Å²) in [6, 6.07) is 2.13. The molecule has 1 aromatic carbocycles. The van der Waals surface area contributed by atoms with E-state index < -0.39 is 0 Å². The highest BCUT2D eigenvalue weighted by Crippen LogP contribution is 2.43. The molecule has 1 aliphatic rings. The van der Waals surface area contributed by atoms with Gasteiger partial charge >= 0.3 is 0 Å². The van der Waals surface area contributed by atoms with Gasteiger partial charge in [0.05, 0.1) is 5.69 Å². The maximum absolute atomic E-state index is 5.45. The van der Waals surface area contributed by atoms with Crippen LogP contribution in [0.25, 0.3) is 0 Å². The second-order valence-electron chi connectivity index (χ2n) is 3.38. The highest BCUT2D eigenvalue weighted by atomic mass is 16.7. The van der Waals surface area contributed by atoms with Gasteiger partial charge in [-0.2, -0.15) is 0 Å². The number of anilines is 1. The van der Waals surface area contributed by atoms with Crippen molar-refractivity contribution in [3.05, 3.63) is 17.2 Å². The number of aryl methyl sites for hydroxylation is 1. The molecule has 0 fully saturated rings. The van der Waals surface area contributed by atoms with E-state index in [0.29, 0.717) is 6.79 Å². The molecule has 0 radical (unpaired) electrons. The Bertz CT molecular complexity index is 361. The molecule has 0 atom stereocenters. The molecule has 1 heterocycles. The van der Waals surface area contributed by atoms with E-state index in [1.54, 1.807) is 0 Å². The van der Waals surface area contributed by atoms with Crippen LogP contribution in [0.2, 0.25) is 0 Å². The molecule has 76 valence electrons. The van der Waals surface area contributed by atoms with E-state index in [-0.39, 0.29) is 0 Å². The molecular weight excluding hydrogens is 178 g/mol. The van der Waals surface area contributed by atoms with E-state index in [1.807, 2.05) is 7.05 Å². The lowest BCUT2D eigenvalue weighted by molar-refractivity contribution is 0.174. The van der Waals surface area contributed by atoms with Crippen LogP contribution in [0.1, 0.15) is 18.1 Å². The Hall–Kier alpha value is -1.38. The van der Waals surface area contributed by atoms with Crippen molar-refractivity contribution in [2.45, 2.75) is 20.3 Å². The first-order chi connectivity index (χ1) is 6.77. The van der Waals surface area contributed by atoms with Gasteiger partial charge in [0.1, 0.15) is 0 Å². The summed E-state index contributed by atoms with van der Waals surface area (Å²) < 4.78 is 10.9. The summed E-state index contributed by atoms with van der Waals surface area (Å²) >= 11 is 0. The van der Waals surface area contributed by atoms with Crippen LogP contribution in [-0.2, 0) is 6.42 Å². The van der Waals surface area contributed by atoms with Gasteiger partial charge in [-0.05, 0) is 30.5 Å². The molecular formula is C11H15NO2. The Balaban J connectivity index is 2.60. The first-order valence-electron chi connectivity index (χ1n) is 4.87. The number of fused-ring (bicyclic) bond motifs is 1. The average Bonchev–Trinajstić information content (AvgIpc) is 2.68. The lowest BCUT2D eigenvalue weighted by Gasteiger charge is -2.11. The Kier molecular flexibility index (Phi) is 2.23. The van der Waals surface area contributed by atoms with Gasteiger partial charge in [-0.3, -0.25) is 0 Å². The summed E-state index contributed by atoms with van der Waals surface area (Å²) in [5.41, 5.74) is 3.51. The fourth-order valence-electron chi connectivity index (χ4n) is 1.80. The lowest BCUT2D eigenvalue weighted by atomic mass is 10.0. The van der Waals surface area contributed by atoms with Crippen molar-refractivity contribution in [1.29, 1.82) is 0 Å².